The van der Waals surface area contributed by atoms with Gasteiger partial charge in [0, 0.05) is 19.3 Å². The van der Waals surface area contributed by atoms with Crippen molar-refractivity contribution >= 4 is 24.0 Å². The van der Waals surface area contributed by atoms with E-state index in [1.807, 2.05) is 30.3 Å². The van der Waals surface area contributed by atoms with E-state index in [1.54, 1.807) is 29.3 Å². The van der Waals surface area contributed by atoms with Crippen LogP contribution in [0, 0.1) is 0 Å². The van der Waals surface area contributed by atoms with Crippen LogP contribution in [-0.4, -0.2) is 38.1 Å². The lowest BCUT2D eigenvalue weighted by molar-refractivity contribution is -0.132. The minimum absolute atomic E-state index is 0. The maximum absolute atomic E-state index is 12.7. The van der Waals surface area contributed by atoms with E-state index < -0.39 is 0 Å². The second-order valence-electron chi connectivity index (χ2n) is 5.81. The third kappa shape index (κ3) is 4.50. The van der Waals surface area contributed by atoms with E-state index in [0.29, 0.717) is 31.7 Å². The second kappa shape index (κ2) is 9.17. The van der Waals surface area contributed by atoms with Crippen LogP contribution in [0.4, 0.5) is 0 Å². The van der Waals surface area contributed by atoms with E-state index in [0.717, 1.165) is 5.56 Å². The molecule has 0 aliphatic heterocycles. The molecule has 2 aromatic heterocycles. The summed E-state index contributed by atoms with van der Waals surface area (Å²) in [5.74, 6) is -0.150. The van der Waals surface area contributed by atoms with E-state index in [9.17, 15) is 9.59 Å². The van der Waals surface area contributed by atoms with Crippen molar-refractivity contribution in [3.8, 4) is 0 Å². The molecule has 0 spiro atoms. The van der Waals surface area contributed by atoms with E-state index >= 15 is 0 Å². The maximum Gasteiger partial charge on any atom is 0.350 e. The second-order valence-corrected chi connectivity index (χ2v) is 5.81. The number of amides is 1. The van der Waals surface area contributed by atoms with Crippen LogP contribution >= 0.6 is 12.4 Å². The zero-order chi connectivity index (χ0) is 17.6. The molecule has 2 heterocycles. The molecule has 1 amide bonds. The van der Waals surface area contributed by atoms with Crippen LogP contribution in [0.5, 0.6) is 0 Å². The Kier molecular flexibility index (Phi) is 6.94. The van der Waals surface area contributed by atoms with E-state index in [4.69, 9.17) is 5.73 Å². The fourth-order valence-corrected chi connectivity index (χ4v) is 2.68. The molecule has 7 nitrogen and oxygen atoms in total. The first-order valence-electron chi connectivity index (χ1n) is 8.25. The van der Waals surface area contributed by atoms with Crippen LogP contribution in [0.3, 0.4) is 0 Å². The third-order valence-corrected chi connectivity index (χ3v) is 3.97. The summed E-state index contributed by atoms with van der Waals surface area (Å²) in [5.41, 5.74) is 6.83. The Morgan fingerprint density at radius 1 is 1.12 bits per heavy atom. The number of carbonyl (C=O) groups is 1. The highest BCUT2D eigenvalue weighted by molar-refractivity contribution is 5.85. The Morgan fingerprint density at radius 2 is 1.85 bits per heavy atom. The first-order valence-corrected chi connectivity index (χ1v) is 8.25. The number of pyridine rings is 1. The summed E-state index contributed by atoms with van der Waals surface area (Å²) in [4.78, 5) is 26.8. The molecule has 0 radical (unpaired) electrons. The number of hydrogen-bond donors (Lipinski definition) is 1. The highest BCUT2D eigenvalue weighted by Crippen LogP contribution is 2.06. The number of aromatic nitrogens is 3. The lowest BCUT2D eigenvalue weighted by Crippen LogP contribution is -2.37. The molecule has 1 aromatic carbocycles. The molecular formula is C18H22ClN5O2. The van der Waals surface area contributed by atoms with Gasteiger partial charge in [0.15, 0.2) is 5.65 Å². The molecule has 138 valence electrons. The Balaban J connectivity index is 0.00000243. The highest BCUT2D eigenvalue weighted by Gasteiger charge is 2.17. The van der Waals surface area contributed by atoms with Crippen LogP contribution in [-0.2, 0) is 17.9 Å². The van der Waals surface area contributed by atoms with Crippen molar-refractivity contribution < 1.29 is 4.79 Å². The van der Waals surface area contributed by atoms with Gasteiger partial charge in [0.05, 0.1) is 0 Å². The number of benzene rings is 1. The van der Waals surface area contributed by atoms with Crippen molar-refractivity contribution in [1.29, 1.82) is 0 Å². The largest absolute Gasteiger partial charge is 0.350 e. The predicted molar refractivity (Wildman–Crippen MR) is 102 cm³/mol. The number of hydrogen-bond acceptors (Lipinski definition) is 4. The van der Waals surface area contributed by atoms with Crippen LogP contribution in [0.1, 0.15) is 12.0 Å². The summed E-state index contributed by atoms with van der Waals surface area (Å²) in [7, 11) is 0. The summed E-state index contributed by atoms with van der Waals surface area (Å²) < 4.78 is 2.63. The third-order valence-electron chi connectivity index (χ3n) is 3.97. The molecule has 0 unspecified atom stereocenters. The van der Waals surface area contributed by atoms with Gasteiger partial charge in [0.25, 0.3) is 0 Å². The van der Waals surface area contributed by atoms with Crippen LogP contribution in [0.15, 0.2) is 59.5 Å². The average molecular weight is 376 g/mol. The number of nitrogens with two attached hydrogens (primary N) is 1. The SMILES string of the molecule is Cl.NCCCN(Cc1ccccc1)C(=O)Cn1nc2ccccn2c1=O. The van der Waals surface area contributed by atoms with Gasteiger partial charge in [-0.25, -0.2) is 9.48 Å². The predicted octanol–water partition coefficient (Wildman–Crippen LogP) is 1.30. The fourth-order valence-electron chi connectivity index (χ4n) is 2.68. The van der Waals surface area contributed by atoms with Crippen molar-refractivity contribution in [3.05, 3.63) is 70.8 Å². The molecule has 0 aliphatic carbocycles. The number of fused-ring (bicyclic) bond motifs is 1. The monoisotopic (exact) mass is 375 g/mol. The Hall–Kier alpha value is -2.64. The maximum atomic E-state index is 12.7. The first-order chi connectivity index (χ1) is 12.2. The summed E-state index contributed by atoms with van der Waals surface area (Å²) in [6.07, 6.45) is 2.35. The summed E-state index contributed by atoms with van der Waals surface area (Å²) >= 11 is 0. The average Bonchev–Trinajstić information content (AvgIpc) is 2.95. The van der Waals surface area contributed by atoms with Crippen LogP contribution < -0.4 is 11.4 Å². The van der Waals surface area contributed by atoms with E-state index in [2.05, 4.69) is 5.10 Å². The van der Waals surface area contributed by atoms with Gasteiger partial charge in [-0.1, -0.05) is 36.4 Å². The summed E-state index contributed by atoms with van der Waals surface area (Å²) in [6.45, 7) is 1.46. The zero-order valence-electron chi connectivity index (χ0n) is 14.3. The van der Waals surface area contributed by atoms with Crippen molar-refractivity contribution in [2.45, 2.75) is 19.5 Å². The lowest BCUT2D eigenvalue weighted by Gasteiger charge is -2.22. The number of nitrogens with zero attached hydrogens (tertiary/aromatic N) is 4. The molecule has 3 rings (SSSR count). The van der Waals surface area contributed by atoms with Gasteiger partial charge in [-0.15, -0.1) is 17.5 Å². The molecule has 0 atom stereocenters. The number of carbonyl (C=O) groups excluding carboxylic acids is 1. The first kappa shape index (κ1) is 19.7. The molecule has 8 heteroatoms. The summed E-state index contributed by atoms with van der Waals surface area (Å²) in [6, 6.07) is 15.0. The molecular weight excluding hydrogens is 354 g/mol. The van der Waals surface area contributed by atoms with Gasteiger partial charge >= 0.3 is 5.69 Å². The Morgan fingerprint density at radius 3 is 2.54 bits per heavy atom. The molecule has 0 bridgehead atoms. The standard InChI is InChI=1S/C18H21N5O2.ClH/c19-10-6-11-21(13-15-7-2-1-3-8-15)17(24)14-23-18(25)22-12-5-4-9-16(22)20-23;/h1-5,7-9,12H,6,10-11,13-14,19H2;1H. The smallest absolute Gasteiger partial charge is 0.337 e. The normalized spacial score (nSPS) is 10.5. The Bertz CT molecular complexity index is 907. The molecule has 0 saturated heterocycles. The van der Waals surface area contributed by atoms with Crippen molar-refractivity contribution in [2.75, 3.05) is 13.1 Å². The minimum Gasteiger partial charge on any atom is -0.337 e. The van der Waals surface area contributed by atoms with Gasteiger partial charge in [0.2, 0.25) is 5.91 Å². The molecule has 2 N–H and O–H groups in total. The van der Waals surface area contributed by atoms with Crippen LogP contribution in [0.25, 0.3) is 5.65 Å². The van der Waals surface area contributed by atoms with Crippen LogP contribution in [0.2, 0.25) is 0 Å². The molecule has 26 heavy (non-hydrogen) atoms. The van der Waals surface area contributed by atoms with Gasteiger partial charge in [-0.3, -0.25) is 9.20 Å². The zero-order valence-corrected chi connectivity index (χ0v) is 15.1. The lowest BCUT2D eigenvalue weighted by atomic mass is 10.2. The van der Waals surface area contributed by atoms with Gasteiger partial charge < -0.3 is 10.6 Å². The van der Waals surface area contributed by atoms with Gasteiger partial charge in [-0.05, 0) is 30.7 Å². The molecule has 0 aliphatic rings. The van der Waals surface area contributed by atoms with E-state index in [-0.39, 0.29) is 30.5 Å². The molecule has 0 fully saturated rings. The topological polar surface area (TPSA) is 85.6 Å². The van der Waals surface area contributed by atoms with Gasteiger partial charge in [0.1, 0.15) is 6.54 Å². The van der Waals surface area contributed by atoms with Gasteiger partial charge in [-0.2, -0.15) is 0 Å². The highest BCUT2D eigenvalue weighted by atomic mass is 35.5. The summed E-state index contributed by atoms with van der Waals surface area (Å²) in [5, 5.41) is 4.22. The molecule has 3 aromatic rings. The van der Waals surface area contributed by atoms with Crippen molar-refractivity contribution in [3.63, 3.8) is 0 Å². The fraction of sp³-hybridized carbons (Fsp3) is 0.278. The number of rotatable bonds is 7. The molecule has 0 saturated carbocycles. The number of halogens is 1. The minimum atomic E-state index is -0.317. The Labute approximate surface area is 157 Å². The van der Waals surface area contributed by atoms with Crippen molar-refractivity contribution in [1.82, 2.24) is 19.1 Å². The van der Waals surface area contributed by atoms with Crippen molar-refractivity contribution in [2.24, 2.45) is 5.73 Å². The van der Waals surface area contributed by atoms with E-state index in [1.165, 1.54) is 9.08 Å². The quantitative estimate of drug-likeness (QED) is 0.674.